The van der Waals surface area contributed by atoms with E-state index in [1.807, 2.05) is 18.8 Å². The molecule has 0 bridgehead atoms. The van der Waals surface area contributed by atoms with Gasteiger partial charge in [-0.15, -0.1) is 0 Å². The smallest absolute Gasteiger partial charge is 0.385 e. The Morgan fingerprint density at radius 3 is 2.00 bits per heavy atom. The highest BCUT2D eigenvalue weighted by atomic mass is 28.4. The van der Waals surface area contributed by atoms with Crippen LogP contribution >= 0.6 is 0 Å². The Hall–Kier alpha value is -0.179. The molecule has 3 nitrogen and oxygen atoms in total. The van der Waals surface area contributed by atoms with Crippen LogP contribution in [0.3, 0.4) is 0 Å². The molecular formula is C9H22O3Si3. The summed E-state index contributed by atoms with van der Waals surface area (Å²) in [5.41, 5.74) is 2.59. The third-order valence-electron chi connectivity index (χ3n) is 1.65. The molecule has 0 rings (SSSR count). The van der Waals surface area contributed by atoms with Gasteiger partial charge in [-0.2, -0.15) is 0 Å². The summed E-state index contributed by atoms with van der Waals surface area (Å²) < 4.78 is 11.3. The maximum Gasteiger partial charge on any atom is 0.385 e. The zero-order valence-corrected chi connectivity index (χ0v) is 14.8. The van der Waals surface area contributed by atoms with Crippen molar-refractivity contribution in [1.82, 2.24) is 0 Å². The minimum absolute atomic E-state index is 0.222. The standard InChI is InChI=1S/C9H22O3Si3/c1-8(7-13)9(10)11-15(5,6)12-14(2,3)4/h7H,1-6,13H3. The summed E-state index contributed by atoms with van der Waals surface area (Å²) in [5.74, 6) is -0.222. The Bertz CT molecular complexity index is 266. The predicted molar refractivity (Wildman–Crippen MR) is 71.7 cm³/mol. The first kappa shape index (κ1) is 14.8. The lowest BCUT2D eigenvalue weighted by molar-refractivity contribution is -0.131. The number of hydrogen-bond donors (Lipinski definition) is 0. The van der Waals surface area contributed by atoms with E-state index in [1.165, 1.54) is 0 Å². The molecule has 0 atom stereocenters. The summed E-state index contributed by atoms with van der Waals surface area (Å²) in [7, 11) is -3.05. The fourth-order valence-corrected chi connectivity index (χ4v) is 8.09. The van der Waals surface area contributed by atoms with E-state index in [0.29, 0.717) is 5.57 Å². The Morgan fingerprint density at radius 2 is 1.67 bits per heavy atom. The third kappa shape index (κ3) is 6.83. The van der Waals surface area contributed by atoms with E-state index in [2.05, 4.69) is 19.6 Å². The molecular weight excluding hydrogens is 240 g/mol. The number of carbonyl (C=O) groups is 1. The van der Waals surface area contributed by atoms with Crippen LogP contribution in [0.1, 0.15) is 6.92 Å². The van der Waals surface area contributed by atoms with Crippen molar-refractivity contribution >= 4 is 33.1 Å². The molecule has 0 heterocycles. The average molecular weight is 263 g/mol. The topological polar surface area (TPSA) is 35.5 Å². The van der Waals surface area contributed by atoms with Gasteiger partial charge in [0.2, 0.25) is 0 Å². The van der Waals surface area contributed by atoms with Gasteiger partial charge in [-0.1, -0.05) is 5.70 Å². The highest BCUT2D eigenvalue weighted by molar-refractivity contribution is 6.82. The molecule has 0 amide bonds. The van der Waals surface area contributed by atoms with Crippen molar-refractivity contribution in [2.75, 3.05) is 0 Å². The van der Waals surface area contributed by atoms with Crippen molar-refractivity contribution in [1.29, 1.82) is 0 Å². The van der Waals surface area contributed by atoms with Crippen LogP contribution in [0.4, 0.5) is 0 Å². The molecule has 0 saturated heterocycles. The van der Waals surface area contributed by atoms with Gasteiger partial charge in [0, 0.05) is 15.8 Å². The molecule has 0 aliphatic rings. The molecule has 0 aromatic carbocycles. The maximum absolute atomic E-state index is 11.6. The van der Waals surface area contributed by atoms with Crippen molar-refractivity contribution in [2.24, 2.45) is 0 Å². The fourth-order valence-electron chi connectivity index (χ4n) is 1.18. The molecule has 0 aromatic rings. The molecule has 0 spiro atoms. The molecule has 6 heteroatoms. The summed E-state index contributed by atoms with van der Waals surface area (Å²) in [6.07, 6.45) is 0. The maximum atomic E-state index is 11.6. The van der Waals surface area contributed by atoms with Crippen LogP contribution in [-0.2, 0) is 13.3 Å². The number of hydrogen-bond acceptors (Lipinski definition) is 3. The van der Waals surface area contributed by atoms with Crippen molar-refractivity contribution < 1.29 is 13.3 Å². The van der Waals surface area contributed by atoms with E-state index < -0.39 is 16.9 Å². The summed E-state index contributed by atoms with van der Waals surface area (Å²) in [6, 6.07) is 0. The SMILES string of the molecule is CC(=C[SiH3])C(=O)O[Si](C)(C)O[Si](C)(C)C. The van der Waals surface area contributed by atoms with Crippen LogP contribution < -0.4 is 0 Å². The highest BCUT2D eigenvalue weighted by Crippen LogP contribution is 2.16. The van der Waals surface area contributed by atoms with Crippen molar-refractivity contribution in [3.8, 4) is 0 Å². The second-order valence-corrected chi connectivity index (χ2v) is 13.6. The average Bonchev–Trinajstić information content (AvgIpc) is 1.96. The van der Waals surface area contributed by atoms with Crippen LogP contribution in [0.25, 0.3) is 0 Å². The second kappa shape index (κ2) is 5.24. The largest absolute Gasteiger partial charge is 0.492 e. The molecule has 0 radical (unpaired) electrons. The van der Waals surface area contributed by atoms with E-state index >= 15 is 0 Å². The number of carbonyl (C=O) groups excluding carboxylic acids is 1. The minimum atomic E-state index is -2.29. The Kier molecular flexibility index (Phi) is 5.18. The zero-order chi connectivity index (χ0) is 12.3. The summed E-state index contributed by atoms with van der Waals surface area (Å²) in [4.78, 5) is 11.6. The van der Waals surface area contributed by atoms with Crippen molar-refractivity contribution in [3.63, 3.8) is 0 Å². The molecule has 0 aromatic heterocycles. The highest BCUT2D eigenvalue weighted by Gasteiger charge is 2.34. The van der Waals surface area contributed by atoms with Gasteiger partial charge in [0.15, 0.2) is 8.32 Å². The van der Waals surface area contributed by atoms with Crippen LogP contribution in [0.15, 0.2) is 11.3 Å². The first-order valence-electron chi connectivity index (χ1n) is 5.14. The van der Waals surface area contributed by atoms with Gasteiger partial charge < -0.3 is 8.54 Å². The number of rotatable bonds is 4. The van der Waals surface area contributed by atoms with E-state index in [1.54, 1.807) is 6.92 Å². The van der Waals surface area contributed by atoms with E-state index in [4.69, 9.17) is 8.54 Å². The van der Waals surface area contributed by atoms with Gasteiger partial charge in [0.05, 0.1) is 0 Å². The first-order valence-corrected chi connectivity index (χ1v) is 12.5. The Labute approximate surface area is 97.7 Å². The molecule has 0 saturated carbocycles. The lowest BCUT2D eigenvalue weighted by atomic mass is 10.4. The summed E-state index contributed by atoms with van der Waals surface area (Å²) >= 11 is 0. The normalized spacial score (nSPS) is 14.1. The summed E-state index contributed by atoms with van der Waals surface area (Å²) in [5, 5.41) is 0. The Morgan fingerprint density at radius 1 is 1.20 bits per heavy atom. The zero-order valence-electron chi connectivity index (χ0n) is 10.8. The molecule has 0 N–H and O–H groups in total. The molecule has 15 heavy (non-hydrogen) atoms. The van der Waals surface area contributed by atoms with Gasteiger partial charge >= 0.3 is 14.5 Å². The molecule has 0 aliphatic heterocycles. The third-order valence-corrected chi connectivity index (χ3v) is 7.60. The Balaban J connectivity index is 4.45. The van der Waals surface area contributed by atoms with Crippen LogP contribution in [-0.4, -0.2) is 33.1 Å². The van der Waals surface area contributed by atoms with Gasteiger partial charge in [-0.3, -0.25) is 0 Å². The first-order chi connectivity index (χ1) is 6.57. The fraction of sp³-hybridized carbons (Fsp3) is 0.667. The van der Waals surface area contributed by atoms with Crippen molar-refractivity contribution in [2.45, 2.75) is 39.7 Å². The quantitative estimate of drug-likeness (QED) is 0.567. The lowest BCUT2D eigenvalue weighted by Gasteiger charge is -2.30. The lowest BCUT2D eigenvalue weighted by Crippen LogP contribution is -2.46. The van der Waals surface area contributed by atoms with Crippen LogP contribution in [0.2, 0.25) is 32.7 Å². The van der Waals surface area contributed by atoms with Crippen molar-refractivity contribution in [3.05, 3.63) is 11.3 Å². The van der Waals surface area contributed by atoms with Gasteiger partial charge in [0.1, 0.15) is 0 Å². The van der Waals surface area contributed by atoms with E-state index in [9.17, 15) is 4.79 Å². The van der Waals surface area contributed by atoms with E-state index in [-0.39, 0.29) is 5.97 Å². The van der Waals surface area contributed by atoms with Crippen LogP contribution in [0.5, 0.6) is 0 Å². The van der Waals surface area contributed by atoms with E-state index in [0.717, 1.165) is 10.2 Å². The predicted octanol–water partition coefficient (Wildman–Crippen LogP) is 1.35. The molecule has 0 fully saturated rings. The van der Waals surface area contributed by atoms with Crippen LogP contribution in [0, 0.1) is 0 Å². The molecule has 0 unspecified atom stereocenters. The molecule has 0 aliphatic carbocycles. The van der Waals surface area contributed by atoms with Gasteiger partial charge in [-0.05, 0) is 39.7 Å². The van der Waals surface area contributed by atoms with Gasteiger partial charge in [-0.25, -0.2) is 4.79 Å². The van der Waals surface area contributed by atoms with Gasteiger partial charge in [0.25, 0.3) is 0 Å². The monoisotopic (exact) mass is 262 g/mol. The minimum Gasteiger partial charge on any atom is -0.492 e. The summed E-state index contributed by atoms with van der Waals surface area (Å²) in [6.45, 7) is 11.9. The molecule has 88 valence electrons. The second-order valence-electron chi connectivity index (χ2n) is 4.98.